The number of aromatic nitrogens is 1. The van der Waals surface area contributed by atoms with Crippen LogP contribution in [0, 0.1) is 30.4 Å². The van der Waals surface area contributed by atoms with Crippen LogP contribution in [-0.4, -0.2) is 61.4 Å². The van der Waals surface area contributed by atoms with Crippen molar-refractivity contribution in [1.82, 2.24) is 19.7 Å². The minimum Gasteiger partial charge on any atom is -0.356 e. The summed E-state index contributed by atoms with van der Waals surface area (Å²) in [6, 6.07) is 13.0. The summed E-state index contributed by atoms with van der Waals surface area (Å²) in [5.74, 6) is -0.523. The number of hydrogen-bond donors (Lipinski definition) is 1. The second-order valence-electron chi connectivity index (χ2n) is 11.1. The Morgan fingerprint density at radius 1 is 0.976 bits per heavy atom. The predicted octanol–water partition coefficient (Wildman–Crippen LogP) is 4.86. The molecule has 2 saturated heterocycles. The average molecular weight is 599 g/mol. The van der Waals surface area contributed by atoms with Crippen LogP contribution in [0.2, 0.25) is 0 Å². The fourth-order valence-electron chi connectivity index (χ4n) is 5.67. The van der Waals surface area contributed by atoms with E-state index in [9.17, 15) is 22.0 Å². The monoisotopic (exact) mass is 598 g/mol. The van der Waals surface area contributed by atoms with E-state index in [-0.39, 0.29) is 47.1 Å². The third-order valence-corrected chi connectivity index (χ3v) is 10.3. The Labute approximate surface area is 245 Å². The van der Waals surface area contributed by atoms with Gasteiger partial charge in [0.2, 0.25) is 15.9 Å². The molecule has 0 spiro atoms. The van der Waals surface area contributed by atoms with Gasteiger partial charge in [0.25, 0.3) is 0 Å². The van der Waals surface area contributed by atoms with Crippen molar-refractivity contribution in [3.05, 3.63) is 82.7 Å². The van der Waals surface area contributed by atoms with Crippen LogP contribution in [0.1, 0.15) is 48.3 Å². The maximum absolute atomic E-state index is 14.0. The summed E-state index contributed by atoms with van der Waals surface area (Å²) in [6.45, 7) is 4.84. The number of rotatable bonds is 9. The molecule has 0 bridgehead atoms. The number of benzene rings is 2. The van der Waals surface area contributed by atoms with Crippen molar-refractivity contribution in [2.24, 2.45) is 11.8 Å². The Bertz CT molecular complexity index is 1530. The first-order valence-corrected chi connectivity index (χ1v) is 15.8. The molecular formula is C31H36F2N4O4S. The lowest BCUT2D eigenvalue weighted by Crippen LogP contribution is -2.44. The van der Waals surface area contributed by atoms with E-state index in [0.29, 0.717) is 43.0 Å². The molecule has 42 heavy (non-hydrogen) atoms. The maximum Gasteiger partial charge on any atom is 0.248 e. The third-order valence-electron chi connectivity index (χ3n) is 8.20. The Hall–Kier alpha value is -3.41. The van der Waals surface area contributed by atoms with Gasteiger partial charge in [-0.05, 0) is 75.9 Å². The fraction of sp³-hybridized carbons (Fsp3) is 0.419. The number of carbonyl (C=O) groups is 1. The van der Waals surface area contributed by atoms with Gasteiger partial charge in [-0.1, -0.05) is 41.6 Å². The molecular weight excluding hydrogens is 562 g/mol. The number of hydrogen-bond acceptors (Lipinski definition) is 6. The molecule has 2 aromatic carbocycles. The van der Waals surface area contributed by atoms with Gasteiger partial charge >= 0.3 is 0 Å². The Balaban J connectivity index is 1.10. The largest absolute Gasteiger partial charge is 0.356 e. The molecule has 0 aliphatic carbocycles. The molecule has 0 saturated carbocycles. The number of piperidine rings is 2. The van der Waals surface area contributed by atoms with E-state index in [2.05, 4.69) is 15.4 Å². The number of carbonyl (C=O) groups excluding carboxylic acids is 1. The van der Waals surface area contributed by atoms with Crippen molar-refractivity contribution in [1.29, 1.82) is 0 Å². The normalized spacial score (nSPS) is 18.1. The number of aryl methyl sites for hydroxylation is 1. The van der Waals surface area contributed by atoms with Gasteiger partial charge in [0.05, 0.1) is 0 Å². The van der Waals surface area contributed by atoms with Crippen molar-refractivity contribution in [2.45, 2.75) is 44.0 Å². The molecule has 8 nitrogen and oxygen atoms in total. The number of likely N-dealkylation sites (tertiary alicyclic amines) is 1. The second-order valence-corrected chi connectivity index (χ2v) is 12.9. The minimum atomic E-state index is -3.93. The number of sulfonamides is 1. The van der Waals surface area contributed by atoms with Crippen LogP contribution in [0.4, 0.5) is 8.78 Å². The lowest BCUT2D eigenvalue weighted by Gasteiger charge is -2.33. The van der Waals surface area contributed by atoms with Gasteiger partial charge in [-0.25, -0.2) is 17.2 Å². The molecule has 5 rings (SSSR count). The first-order chi connectivity index (χ1) is 20.2. The smallest absolute Gasteiger partial charge is 0.248 e. The van der Waals surface area contributed by atoms with Gasteiger partial charge in [0.15, 0.2) is 10.7 Å². The van der Waals surface area contributed by atoms with Gasteiger partial charge in [0.1, 0.15) is 17.3 Å². The summed E-state index contributed by atoms with van der Waals surface area (Å²) < 4.78 is 61.7. The first kappa shape index (κ1) is 30.1. The van der Waals surface area contributed by atoms with Crippen LogP contribution in [0.25, 0.3) is 12.2 Å². The molecule has 2 fully saturated rings. The van der Waals surface area contributed by atoms with Gasteiger partial charge in [-0.2, -0.15) is 4.31 Å². The minimum absolute atomic E-state index is 0.0376. The highest BCUT2D eigenvalue weighted by molar-refractivity contribution is 7.89. The van der Waals surface area contributed by atoms with Gasteiger partial charge < -0.3 is 9.84 Å². The van der Waals surface area contributed by atoms with Crippen LogP contribution >= 0.6 is 0 Å². The summed E-state index contributed by atoms with van der Waals surface area (Å²) in [5, 5.41) is 6.93. The van der Waals surface area contributed by atoms with E-state index in [4.69, 9.17) is 4.52 Å². The zero-order valence-corrected chi connectivity index (χ0v) is 24.5. The van der Waals surface area contributed by atoms with Crippen LogP contribution in [0.3, 0.4) is 0 Å². The second kappa shape index (κ2) is 13.3. The molecule has 3 aromatic rings. The lowest BCUT2D eigenvalue weighted by atomic mass is 9.94. The van der Waals surface area contributed by atoms with Crippen LogP contribution < -0.4 is 5.32 Å². The molecule has 1 N–H and O–H groups in total. The van der Waals surface area contributed by atoms with Crippen LogP contribution in [0.15, 0.2) is 57.9 Å². The van der Waals surface area contributed by atoms with E-state index in [1.165, 1.54) is 28.6 Å². The van der Waals surface area contributed by atoms with Crippen molar-refractivity contribution >= 4 is 28.1 Å². The van der Waals surface area contributed by atoms with Gasteiger partial charge in [0, 0.05) is 43.2 Å². The van der Waals surface area contributed by atoms with E-state index in [0.717, 1.165) is 25.9 Å². The van der Waals surface area contributed by atoms with E-state index < -0.39 is 15.8 Å². The standard InChI is InChI=1S/C31H36F2N4O4S/c1-22-30(29(41-35-22)11-10-24-6-2-4-8-27(24)32)42(39,40)37-18-14-25(15-19-37)31(38)34-20-23-12-16-36(17-13-23)21-26-7-3-5-9-28(26)33/h2-11,23,25H,12-21H2,1H3,(H,34,38). The lowest BCUT2D eigenvalue weighted by molar-refractivity contribution is -0.126. The highest BCUT2D eigenvalue weighted by Gasteiger charge is 2.36. The summed E-state index contributed by atoms with van der Waals surface area (Å²) >= 11 is 0. The zero-order valence-electron chi connectivity index (χ0n) is 23.6. The van der Waals surface area contributed by atoms with Crippen LogP contribution in [0.5, 0.6) is 0 Å². The third kappa shape index (κ3) is 6.96. The summed E-state index contributed by atoms with van der Waals surface area (Å²) in [7, 11) is -3.93. The Morgan fingerprint density at radius 3 is 2.33 bits per heavy atom. The van der Waals surface area contributed by atoms with Crippen molar-refractivity contribution < 1.29 is 26.5 Å². The summed E-state index contributed by atoms with van der Waals surface area (Å²) in [6.07, 6.45) is 5.55. The number of halogens is 2. The molecule has 0 unspecified atom stereocenters. The molecule has 3 heterocycles. The molecule has 224 valence electrons. The molecule has 0 radical (unpaired) electrons. The number of amides is 1. The van der Waals surface area contributed by atoms with Crippen molar-refractivity contribution in [2.75, 3.05) is 32.7 Å². The molecule has 1 aromatic heterocycles. The van der Waals surface area contributed by atoms with E-state index in [1.54, 1.807) is 31.2 Å². The zero-order chi connectivity index (χ0) is 29.7. The van der Waals surface area contributed by atoms with Crippen LogP contribution in [-0.2, 0) is 21.4 Å². The van der Waals surface area contributed by atoms with Gasteiger partial charge in [-0.3, -0.25) is 9.69 Å². The number of nitrogens with one attached hydrogen (secondary N) is 1. The van der Waals surface area contributed by atoms with Crippen molar-refractivity contribution in [3.8, 4) is 0 Å². The number of nitrogens with zero attached hydrogens (tertiary/aromatic N) is 3. The van der Waals surface area contributed by atoms with E-state index in [1.807, 2.05) is 12.1 Å². The Morgan fingerprint density at radius 2 is 1.64 bits per heavy atom. The van der Waals surface area contributed by atoms with Crippen molar-refractivity contribution in [3.63, 3.8) is 0 Å². The molecule has 2 aliphatic heterocycles. The SMILES string of the molecule is Cc1noc(C=Cc2ccccc2F)c1S(=O)(=O)N1CCC(C(=O)NCC2CCN(Cc3ccccc3F)CC2)CC1. The van der Waals surface area contributed by atoms with Gasteiger partial charge in [-0.15, -0.1) is 0 Å². The molecule has 2 aliphatic rings. The van der Waals surface area contributed by atoms with E-state index >= 15 is 0 Å². The molecule has 11 heteroatoms. The first-order valence-electron chi connectivity index (χ1n) is 14.3. The summed E-state index contributed by atoms with van der Waals surface area (Å²) in [5.41, 5.74) is 1.23. The molecule has 0 atom stereocenters. The quantitative estimate of drug-likeness (QED) is 0.378. The molecule has 1 amide bonds. The highest BCUT2D eigenvalue weighted by atomic mass is 32.2. The fourth-order valence-corrected chi connectivity index (χ4v) is 7.39. The summed E-state index contributed by atoms with van der Waals surface area (Å²) in [4.78, 5) is 15.1. The highest BCUT2D eigenvalue weighted by Crippen LogP contribution is 2.29. The Kier molecular flexibility index (Phi) is 9.50. The topological polar surface area (TPSA) is 95.8 Å². The average Bonchev–Trinajstić information content (AvgIpc) is 3.38. The predicted molar refractivity (Wildman–Crippen MR) is 155 cm³/mol. The maximum atomic E-state index is 14.0.